The van der Waals surface area contributed by atoms with E-state index in [-0.39, 0.29) is 10.7 Å². The number of nitro benzene ring substituents is 1. The van der Waals surface area contributed by atoms with Crippen LogP contribution in [0.5, 0.6) is 0 Å². The maximum Gasteiger partial charge on any atom is 0.270 e. The van der Waals surface area contributed by atoms with Crippen LogP contribution in [0.3, 0.4) is 0 Å². The van der Waals surface area contributed by atoms with Crippen molar-refractivity contribution >= 4 is 51.0 Å². The van der Waals surface area contributed by atoms with Crippen LogP contribution in [0.4, 0.5) is 11.4 Å². The van der Waals surface area contributed by atoms with Gasteiger partial charge in [0.15, 0.2) is 5.76 Å². The predicted octanol–water partition coefficient (Wildman–Crippen LogP) is 6.16. The van der Waals surface area contributed by atoms with Gasteiger partial charge in [-0.15, -0.1) is 0 Å². The van der Waals surface area contributed by atoms with Crippen molar-refractivity contribution < 1.29 is 9.34 Å². The molecule has 5 rings (SSSR count). The van der Waals surface area contributed by atoms with Crippen molar-refractivity contribution in [2.75, 3.05) is 31.1 Å². The Labute approximate surface area is 201 Å². The monoisotopic (exact) mass is 477 g/mol. The van der Waals surface area contributed by atoms with Gasteiger partial charge in [-0.1, -0.05) is 60.2 Å². The lowest BCUT2D eigenvalue weighted by atomic mass is 10.1. The third-order valence-electron chi connectivity index (χ3n) is 5.92. The molecule has 3 aromatic carbocycles. The molecule has 1 saturated heterocycles. The highest BCUT2D eigenvalue weighted by atomic mass is 35.5. The zero-order valence-electron chi connectivity index (χ0n) is 17.6. The van der Waals surface area contributed by atoms with E-state index >= 15 is 0 Å². The second-order valence-corrected chi connectivity index (χ2v) is 8.66. The van der Waals surface area contributed by atoms with Crippen LogP contribution in [-0.4, -0.2) is 41.0 Å². The number of nitro groups is 1. The summed E-state index contributed by atoms with van der Waals surface area (Å²) in [5, 5.41) is 13.7. The van der Waals surface area contributed by atoms with Gasteiger partial charge in [-0.25, -0.2) is 0 Å². The van der Waals surface area contributed by atoms with Crippen LogP contribution in [0, 0.1) is 10.1 Å². The minimum atomic E-state index is -0.476. The van der Waals surface area contributed by atoms with Crippen molar-refractivity contribution in [2.24, 2.45) is 0 Å². The molecular weight excluding hydrogens is 458 g/mol. The molecule has 0 spiro atoms. The summed E-state index contributed by atoms with van der Waals surface area (Å²) >= 11 is 12.0. The lowest BCUT2D eigenvalue weighted by Gasteiger charge is -2.37. The standard InChI is InChI=1S/C25H20ClN3O3S/c26-21-16-18(29(30)31)8-9-20(21)23-10-11-24(32-23)25(33)28-14-12-27(13-15-28)22-7-3-5-17-4-1-2-6-19(17)22/h1-11,16H,12-15H2. The number of benzene rings is 3. The van der Waals surface area contributed by atoms with Gasteiger partial charge in [0, 0.05) is 54.9 Å². The van der Waals surface area contributed by atoms with Crippen LogP contribution in [0.2, 0.25) is 5.02 Å². The maximum absolute atomic E-state index is 10.9. The van der Waals surface area contributed by atoms with Crippen LogP contribution in [0.15, 0.2) is 77.2 Å². The molecule has 0 atom stereocenters. The third-order valence-corrected chi connectivity index (χ3v) is 6.69. The normalized spacial score (nSPS) is 14.0. The number of nitrogens with zero attached hydrogens (tertiary/aromatic N) is 3. The maximum atomic E-state index is 10.9. The van der Waals surface area contributed by atoms with Gasteiger partial charge in [0.05, 0.1) is 9.95 Å². The first-order valence-corrected chi connectivity index (χ1v) is 11.4. The van der Waals surface area contributed by atoms with Crippen LogP contribution >= 0.6 is 23.8 Å². The van der Waals surface area contributed by atoms with Gasteiger partial charge in [0.1, 0.15) is 10.7 Å². The first kappa shape index (κ1) is 21.4. The summed E-state index contributed by atoms with van der Waals surface area (Å²) in [5.74, 6) is 1.12. The first-order valence-electron chi connectivity index (χ1n) is 10.6. The summed E-state index contributed by atoms with van der Waals surface area (Å²) in [6, 6.07) is 22.8. The third kappa shape index (κ3) is 4.17. The lowest BCUT2D eigenvalue weighted by Crippen LogP contribution is -2.48. The average Bonchev–Trinajstić information content (AvgIpc) is 3.33. The number of thiocarbonyl (C=S) groups is 1. The zero-order chi connectivity index (χ0) is 22.9. The molecule has 1 aromatic heterocycles. The van der Waals surface area contributed by atoms with Crippen LogP contribution in [-0.2, 0) is 0 Å². The van der Waals surface area contributed by atoms with Gasteiger partial charge < -0.3 is 14.2 Å². The molecule has 0 amide bonds. The number of anilines is 1. The molecule has 166 valence electrons. The second-order valence-electron chi connectivity index (χ2n) is 7.86. The summed E-state index contributed by atoms with van der Waals surface area (Å²) in [6.07, 6.45) is 0. The molecule has 1 aliphatic rings. The van der Waals surface area contributed by atoms with E-state index in [9.17, 15) is 10.1 Å². The van der Waals surface area contributed by atoms with Crippen LogP contribution in [0.25, 0.3) is 22.1 Å². The van der Waals surface area contributed by atoms with Gasteiger partial charge in [0.2, 0.25) is 0 Å². The molecule has 0 bridgehead atoms. The average molecular weight is 478 g/mol. The SMILES string of the molecule is O=[N+]([O-])c1ccc(-c2ccc(C(=S)N3CCN(c4cccc5ccccc45)CC3)o2)c(Cl)c1. The number of piperazine rings is 1. The van der Waals surface area contributed by atoms with Gasteiger partial charge >= 0.3 is 0 Å². The summed E-state index contributed by atoms with van der Waals surface area (Å²) in [6.45, 7) is 3.29. The van der Waals surface area contributed by atoms with E-state index in [1.807, 2.05) is 6.07 Å². The number of furan rings is 1. The Morgan fingerprint density at radius 1 is 0.970 bits per heavy atom. The molecule has 0 aliphatic carbocycles. The summed E-state index contributed by atoms with van der Waals surface area (Å²) < 4.78 is 5.98. The molecule has 1 fully saturated rings. The summed E-state index contributed by atoms with van der Waals surface area (Å²) in [4.78, 5) is 15.7. The molecule has 1 aliphatic heterocycles. The molecule has 2 heterocycles. The summed E-state index contributed by atoms with van der Waals surface area (Å²) in [7, 11) is 0. The van der Waals surface area contributed by atoms with Crippen molar-refractivity contribution in [1.29, 1.82) is 0 Å². The molecule has 6 nitrogen and oxygen atoms in total. The van der Waals surface area contributed by atoms with E-state index in [1.165, 1.54) is 28.6 Å². The van der Waals surface area contributed by atoms with Gasteiger partial charge in [0.25, 0.3) is 5.69 Å². The zero-order valence-corrected chi connectivity index (χ0v) is 19.2. The van der Waals surface area contributed by atoms with E-state index < -0.39 is 4.92 Å². The first-order chi connectivity index (χ1) is 16.0. The fourth-order valence-corrected chi connectivity index (χ4v) is 4.77. The summed E-state index contributed by atoms with van der Waals surface area (Å²) in [5.41, 5.74) is 1.78. The van der Waals surface area contributed by atoms with Crippen molar-refractivity contribution in [3.05, 3.63) is 93.7 Å². The Balaban J connectivity index is 1.29. The number of halogens is 1. The number of fused-ring (bicyclic) bond motifs is 1. The molecule has 0 unspecified atom stereocenters. The quantitative estimate of drug-likeness (QED) is 0.199. The number of non-ortho nitro benzene ring substituents is 1. The fourth-order valence-electron chi connectivity index (χ4n) is 4.21. The van der Waals surface area contributed by atoms with E-state index in [4.69, 9.17) is 28.2 Å². The minimum Gasteiger partial charge on any atom is -0.454 e. The van der Waals surface area contributed by atoms with Crippen LogP contribution < -0.4 is 4.90 Å². The Bertz CT molecular complexity index is 1360. The number of rotatable bonds is 4. The highest BCUT2D eigenvalue weighted by Crippen LogP contribution is 2.33. The van der Waals surface area contributed by atoms with Crippen molar-refractivity contribution in [3.63, 3.8) is 0 Å². The van der Waals surface area contributed by atoms with Crippen molar-refractivity contribution in [3.8, 4) is 11.3 Å². The van der Waals surface area contributed by atoms with E-state index in [1.54, 1.807) is 12.1 Å². The van der Waals surface area contributed by atoms with Crippen molar-refractivity contribution in [1.82, 2.24) is 4.90 Å². The number of hydrogen-bond donors (Lipinski definition) is 0. The minimum absolute atomic E-state index is 0.0601. The molecule has 4 aromatic rings. The Morgan fingerprint density at radius 3 is 2.48 bits per heavy atom. The topological polar surface area (TPSA) is 62.8 Å². The Hall–Kier alpha value is -3.42. The largest absolute Gasteiger partial charge is 0.454 e. The Kier molecular flexibility index (Phi) is 5.74. The second kappa shape index (κ2) is 8.84. The highest BCUT2D eigenvalue weighted by Gasteiger charge is 2.23. The highest BCUT2D eigenvalue weighted by molar-refractivity contribution is 7.80. The number of hydrogen-bond acceptors (Lipinski definition) is 5. The molecule has 0 radical (unpaired) electrons. The van der Waals surface area contributed by atoms with E-state index in [2.05, 4.69) is 52.3 Å². The van der Waals surface area contributed by atoms with Gasteiger partial charge in [-0.05, 0) is 29.7 Å². The molecule has 0 N–H and O–H groups in total. The predicted molar refractivity (Wildman–Crippen MR) is 135 cm³/mol. The lowest BCUT2D eigenvalue weighted by molar-refractivity contribution is -0.384. The fraction of sp³-hybridized carbons (Fsp3) is 0.160. The van der Waals surface area contributed by atoms with Gasteiger partial charge in [-0.2, -0.15) is 0 Å². The molecule has 8 heteroatoms. The van der Waals surface area contributed by atoms with E-state index in [0.717, 1.165) is 26.2 Å². The van der Waals surface area contributed by atoms with Gasteiger partial charge in [-0.3, -0.25) is 10.1 Å². The molecular formula is C25H20ClN3O3S. The van der Waals surface area contributed by atoms with Crippen LogP contribution in [0.1, 0.15) is 5.76 Å². The van der Waals surface area contributed by atoms with E-state index in [0.29, 0.717) is 22.1 Å². The smallest absolute Gasteiger partial charge is 0.270 e. The Morgan fingerprint density at radius 2 is 1.73 bits per heavy atom. The molecule has 0 saturated carbocycles. The molecule has 33 heavy (non-hydrogen) atoms. The van der Waals surface area contributed by atoms with Crippen molar-refractivity contribution in [2.45, 2.75) is 0 Å².